The van der Waals surface area contributed by atoms with Gasteiger partial charge < -0.3 is 15.5 Å². The van der Waals surface area contributed by atoms with Gasteiger partial charge in [-0.15, -0.1) is 0 Å². The van der Waals surface area contributed by atoms with Gasteiger partial charge in [0.15, 0.2) is 0 Å². The van der Waals surface area contributed by atoms with Crippen molar-refractivity contribution in [2.75, 3.05) is 29.9 Å². The Kier molecular flexibility index (Phi) is 8.69. The number of hydrogen-bond donors (Lipinski definition) is 2. The largest absolute Gasteiger partial charge is 0.371 e. The molecular weight excluding hydrogens is 482 g/mol. The molecule has 5 rings (SSSR count). The summed E-state index contributed by atoms with van der Waals surface area (Å²) < 4.78 is 0. The quantitative estimate of drug-likeness (QED) is 0.271. The molecule has 1 fully saturated rings. The first-order chi connectivity index (χ1) is 19.2. The van der Waals surface area contributed by atoms with E-state index in [-0.39, 0.29) is 11.8 Å². The SMILES string of the molecule is O=C(Nc1ccc(N2CCC(Cc3ccccc3)CC2)c(C(=O)NCCc2ccccc2)c1)c1ccccc1. The topological polar surface area (TPSA) is 61.4 Å². The molecule has 1 heterocycles. The summed E-state index contributed by atoms with van der Waals surface area (Å²) in [5.41, 5.74) is 5.27. The highest BCUT2D eigenvalue weighted by Gasteiger charge is 2.24. The van der Waals surface area contributed by atoms with Gasteiger partial charge in [-0.1, -0.05) is 78.9 Å². The highest BCUT2D eigenvalue weighted by atomic mass is 16.2. The van der Waals surface area contributed by atoms with Gasteiger partial charge in [0.05, 0.1) is 5.56 Å². The fraction of sp³-hybridized carbons (Fsp3) is 0.235. The molecule has 1 aliphatic rings. The third-order valence-corrected chi connectivity index (χ3v) is 7.40. The Balaban J connectivity index is 1.30. The van der Waals surface area contributed by atoms with Crippen LogP contribution in [-0.4, -0.2) is 31.4 Å². The van der Waals surface area contributed by atoms with Gasteiger partial charge >= 0.3 is 0 Å². The molecule has 0 atom stereocenters. The van der Waals surface area contributed by atoms with E-state index >= 15 is 0 Å². The molecule has 0 spiro atoms. The van der Waals surface area contributed by atoms with Gasteiger partial charge in [-0.2, -0.15) is 0 Å². The maximum Gasteiger partial charge on any atom is 0.255 e. The molecule has 0 saturated carbocycles. The molecule has 4 aromatic carbocycles. The van der Waals surface area contributed by atoms with E-state index in [9.17, 15) is 9.59 Å². The minimum atomic E-state index is -0.194. The van der Waals surface area contributed by atoms with Crippen molar-refractivity contribution in [2.24, 2.45) is 5.92 Å². The number of nitrogens with zero attached hydrogens (tertiary/aromatic N) is 1. The predicted octanol–water partition coefficient (Wildman–Crippen LogP) is 6.37. The van der Waals surface area contributed by atoms with Gasteiger partial charge in [-0.3, -0.25) is 9.59 Å². The summed E-state index contributed by atoms with van der Waals surface area (Å²) in [6.07, 6.45) is 4.01. The highest BCUT2D eigenvalue weighted by molar-refractivity contribution is 6.06. The number of rotatable bonds is 9. The van der Waals surface area contributed by atoms with E-state index in [1.165, 1.54) is 11.1 Å². The molecule has 5 nitrogen and oxygen atoms in total. The Labute approximate surface area is 230 Å². The number of anilines is 2. The molecular formula is C34H35N3O2. The zero-order valence-electron chi connectivity index (χ0n) is 22.2. The van der Waals surface area contributed by atoms with Crippen LogP contribution >= 0.6 is 0 Å². The van der Waals surface area contributed by atoms with Crippen LogP contribution in [0.15, 0.2) is 109 Å². The van der Waals surface area contributed by atoms with E-state index in [1.807, 2.05) is 54.6 Å². The first kappa shape index (κ1) is 26.2. The summed E-state index contributed by atoms with van der Waals surface area (Å²) in [7, 11) is 0. The van der Waals surface area contributed by atoms with Crippen molar-refractivity contribution in [2.45, 2.75) is 25.7 Å². The highest BCUT2D eigenvalue weighted by Crippen LogP contribution is 2.30. The first-order valence-electron chi connectivity index (χ1n) is 13.8. The molecule has 0 aromatic heterocycles. The summed E-state index contributed by atoms with van der Waals surface area (Å²) >= 11 is 0. The second kappa shape index (κ2) is 12.9. The van der Waals surface area contributed by atoms with Crippen molar-refractivity contribution in [1.29, 1.82) is 0 Å². The summed E-state index contributed by atoms with van der Waals surface area (Å²) in [6, 6.07) is 35.6. The lowest BCUT2D eigenvalue weighted by molar-refractivity contribution is 0.0953. The third-order valence-electron chi connectivity index (χ3n) is 7.40. The molecule has 2 amide bonds. The lowest BCUT2D eigenvalue weighted by Crippen LogP contribution is -2.36. The minimum absolute atomic E-state index is 0.122. The van der Waals surface area contributed by atoms with Crippen LogP contribution < -0.4 is 15.5 Å². The summed E-state index contributed by atoms with van der Waals surface area (Å²) in [5, 5.41) is 6.06. The minimum Gasteiger partial charge on any atom is -0.371 e. The second-order valence-electron chi connectivity index (χ2n) is 10.2. The lowest BCUT2D eigenvalue weighted by Gasteiger charge is -2.35. The Hall–Kier alpha value is -4.38. The molecule has 2 N–H and O–H groups in total. The van der Waals surface area contributed by atoms with Crippen LogP contribution in [0.25, 0.3) is 0 Å². The summed E-state index contributed by atoms with van der Waals surface area (Å²) in [5.74, 6) is 0.319. The maximum atomic E-state index is 13.5. The van der Waals surface area contributed by atoms with E-state index < -0.39 is 0 Å². The fourth-order valence-corrected chi connectivity index (χ4v) is 5.25. The molecule has 198 valence electrons. The molecule has 1 aliphatic heterocycles. The Morgan fingerprint density at radius 2 is 1.33 bits per heavy atom. The van der Waals surface area contributed by atoms with Crippen molar-refractivity contribution in [3.05, 3.63) is 131 Å². The molecule has 1 saturated heterocycles. The number of amides is 2. The van der Waals surface area contributed by atoms with Gasteiger partial charge in [-0.05, 0) is 73.1 Å². The van der Waals surface area contributed by atoms with Crippen molar-refractivity contribution >= 4 is 23.2 Å². The van der Waals surface area contributed by atoms with Crippen LogP contribution in [0, 0.1) is 5.92 Å². The van der Waals surface area contributed by atoms with E-state index in [0.29, 0.717) is 29.3 Å². The fourth-order valence-electron chi connectivity index (χ4n) is 5.25. The Morgan fingerprint density at radius 3 is 2.00 bits per heavy atom. The number of benzene rings is 4. The second-order valence-corrected chi connectivity index (χ2v) is 10.2. The van der Waals surface area contributed by atoms with Crippen LogP contribution in [0.1, 0.15) is 44.7 Å². The monoisotopic (exact) mass is 517 g/mol. The zero-order chi connectivity index (χ0) is 26.9. The van der Waals surface area contributed by atoms with Crippen molar-refractivity contribution in [3.8, 4) is 0 Å². The lowest BCUT2D eigenvalue weighted by atomic mass is 9.89. The number of carbonyl (C=O) groups excluding carboxylic acids is 2. The van der Waals surface area contributed by atoms with Crippen molar-refractivity contribution < 1.29 is 9.59 Å². The van der Waals surface area contributed by atoms with E-state index in [0.717, 1.165) is 44.5 Å². The number of nitrogens with one attached hydrogen (secondary N) is 2. The zero-order valence-corrected chi connectivity index (χ0v) is 22.2. The van der Waals surface area contributed by atoms with Gasteiger partial charge in [-0.25, -0.2) is 0 Å². The van der Waals surface area contributed by atoms with Gasteiger partial charge in [0.25, 0.3) is 11.8 Å². The summed E-state index contributed by atoms with van der Waals surface area (Å²) in [6.45, 7) is 2.34. The van der Waals surface area contributed by atoms with E-state index in [4.69, 9.17) is 0 Å². The molecule has 5 heteroatoms. The smallest absolute Gasteiger partial charge is 0.255 e. The van der Waals surface area contributed by atoms with Crippen LogP contribution in [0.2, 0.25) is 0 Å². The van der Waals surface area contributed by atoms with Crippen LogP contribution in [0.5, 0.6) is 0 Å². The average molecular weight is 518 g/mol. The van der Waals surface area contributed by atoms with Crippen LogP contribution in [0.3, 0.4) is 0 Å². The number of hydrogen-bond acceptors (Lipinski definition) is 3. The average Bonchev–Trinajstić information content (AvgIpc) is 2.99. The molecule has 0 aliphatic carbocycles. The first-order valence-corrected chi connectivity index (χ1v) is 13.8. The molecule has 0 bridgehead atoms. The Bertz CT molecular complexity index is 1370. The van der Waals surface area contributed by atoms with Crippen molar-refractivity contribution in [3.63, 3.8) is 0 Å². The van der Waals surface area contributed by atoms with Crippen LogP contribution in [-0.2, 0) is 12.8 Å². The number of piperidine rings is 1. The van der Waals surface area contributed by atoms with E-state index in [2.05, 4.69) is 58.0 Å². The Morgan fingerprint density at radius 1 is 0.718 bits per heavy atom. The molecule has 39 heavy (non-hydrogen) atoms. The van der Waals surface area contributed by atoms with Gasteiger partial charge in [0.1, 0.15) is 0 Å². The van der Waals surface area contributed by atoms with Crippen molar-refractivity contribution in [1.82, 2.24) is 5.32 Å². The molecule has 0 unspecified atom stereocenters. The van der Waals surface area contributed by atoms with Crippen LogP contribution in [0.4, 0.5) is 11.4 Å². The molecule has 0 radical (unpaired) electrons. The normalized spacial score (nSPS) is 13.6. The van der Waals surface area contributed by atoms with Gasteiger partial charge in [0.2, 0.25) is 0 Å². The maximum absolute atomic E-state index is 13.5. The van der Waals surface area contributed by atoms with E-state index in [1.54, 1.807) is 12.1 Å². The predicted molar refractivity (Wildman–Crippen MR) is 158 cm³/mol. The molecule has 4 aromatic rings. The summed E-state index contributed by atoms with van der Waals surface area (Å²) in [4.78, 5) is 28.6. The number of carbonyl (C=O) groups is 2. The third kappa shape index (κ3) is 7.14. The van der Waals surface area contributed by atoms with Gasteiger partial charge in [0, 0.05) is 36.6 Å². The standard InChI is InChI=1S/C34H35N3O2/c38-33(29-14-8-3-9-15-29)36-30-16-17-32(31(25-30)34(39)35-21-18-26-10-4-1-5-11-26)37-22-19-28(20-23-37)24-27-12-6-2-7-13-27/h1-17,25,28H,18-24H2,(H,35,39)(H,36,38).